The molecule has 1 atom stereocenters. The maximum absolute atomic E-state index is 12.1. The van der Waals surface area contributed by atoms with E-state index in [9.17, 15) is 14.4 Å². The van der Waals surface area contributed by atoms with Gasteiger partial charge < -0.3 is 15.8 Å². The van der Waals surface area contributed by atoms with Crippen molar-refractivity contribution >= 4 is 35.1 Å². The second-order valence-electron chi connectivity index (χ2n) is 4.79. The molecule has 0 bridgehead atoms. The number of nitrogens with zero attached hydrogens (tertiary/aromatic N) is 1. The van der Waals surface area contributed by atoms with E-state index in [0.29, 0.717) is 0 Å². The molecule has 124 valence electrons. The lowest BCUT2D eigenvalue weighted by Crippen LogP contribution is -2.31. The molecule has 8 heteroatoms. The lowest BCUT2D eigenvalue weighted by molar-refractivity contribution is -0.123. The Morgan fingerprint density at radius 2 is 1.83 bits per heavy atom. The number of anilines is 1. The van der Waals surface area contributed by atoms with Crippen molar-refractivity contribution in [1.82, 2.24) is 4.98 Å². The number of hydrogen-bond acceptors (Lipinski definition) is 5. The third kappa shape index (κ3) is 4.08. The number of aromatic nitrogens is 1. The van der Waals surface area contributed by atoms with Crippen LogP contribution in [0.3, 0.4) is 0 Å². The summed E-state index contributed by atoms with van der Waals surface area (Å²) in [5.41, 5.74) is 5.68. The number of esters is 1. The Morgan fingerprint density at radius 3 is 2.50 bits per heavy atom. The van der Waals surface area contributed by atoms with Crippen LogP contribution < -0.4 is 11.1 Å². The van der Waals surface area contributed by atoms with Crippen molar-refractivity contribution in [2.75, 3.05) is 5.32 Å². The predicted octanol–water partition coefficient (Wildman–Crippen LogP) is 2.02. The van der Waals surface area contributed by atoms with Crippen LogP contribution in [0.4, 0.5) is 5.69 Å². The maximum Gasteiger partial charge on any atom is 0.342 e. The number of para-hydroxylation sites is 1. The fourth-order valence-electron chi connectivity index (χ4n) is 1.86. The Bertz CT molecular complexity index is 794. The summed E-state index contributed by atoms with van der Waals surface area (Å²) in [7, 11) is 0. The van der Waals surface area contributed by atoms with Crippen molar-refractivity contribution in [1.29, 1.82) is 0 Å². The van der Waals surface area contributed by atoms with E-state index in [1.165, 1.54) is 37.4 Å². The number of pyridine rings is 1. The standard InChI is InChI=1S/C16H14ClN3O4/c1-9(24-16(23)11-6-4-8-19-13(11)17)15(22)20-12-7-3-2-5-10(12)14(18)21/h2-9H,1H3,(H2,18,21)(H,20,22). The van der Waals surface area contributed by atoms with Gasteiger partial charge in [0.05, 0.1) is 16.8 Å². The first kappa shape index (κ1) is 17.4. The molecular weight excluding hydrogens is 334 g/mol. The number of primary amides is 1. The first-order valence-corrected chi connectivity index (χ1v) is 7.29. The Morgan fingerprint density at radius 1 is 1.17 bits per heavy atom. The molecule has 1 heterocycles. The van der Waals surface area contributed by atoms with Gasteiger partial charge in [-0.15, -0.1) is 0 Å². The predicted molar refractivity (Wildman–Crippen MR) is 87.7 cm³/mol. The molecule has 0 spiro atoms. The monoisotopic (exact) mass is 347 g/mol. The van der Waals surface area contributed by atoms with Crippen LogP contribution in [-0.4, -0.2) is 28.9 Å². The van der Waals surface area contributed by atoms with Crippen LogP contribution in [0.1, 0.15) is 27.6 Å². The number of rotatable bonds is 5. The number of carbonyl (C=O) groups excluding carboxylic acids is 3. The fourth-order valence-corrected chi connectivity index (χ4v) is 2.05. The number of benzene rings is 1. The lowest BCUT2D eigenvalue weighted by Gasteiger charge is -2.15. The van der Waals surface area contributed by atoms with Crippen LogP contribution >= 0.6 is 11.6 Å². The number of nitrogens with one attached hydrogen (secondary N) is 1. The zero-order valence-corrected chi connectivity index (χ0v) is 13.4. The zero-order valence-electron chi connectivity index (χ0n) is 12.7. The molecule has 2 amide bonds. The van der Waals surface area contributed by atoms with Crippen molar-refractivity contribution in [2.45, 2.75) is 13.0 Å². The zero-order chi connectivity index (χ0) is 17.7. The molecule has 0 aliphatic heterocycles. The summed E-state index contributed by atoms with van der Waals surface area (Å²) in [6.07, 6.45) is 0.311. The van der Waals surface area contributed by atoms with E-state index < -0.39 is 23.9 Å². The minimum Gasteiger partial charge on any atom is -0.449 e. The average Bonchev–Trinajstić information content (AvgIpc) is 2.55. The first-order chi connectivity index (χ1) is 11.4. The van der Waals surface area contributed by atoms with Gasteiger partial charge in [0, 0.05) is 6.20 Å². The molecule has 2 aromatic rings. The molecule has 1 aromatic carbocycles. The molecule has 0 aliphatic rings. The Balaban J connectivity index is 2.07. The highest BCUT2D eigenvalue weighted by atomic mass is 35.5. The lowest BCUT2D eigenvalue weighted by atomic mass is 10.1. The molecule has 1 aromatic heterocycles. The molecule has 3 N–H and O–H groups in total. The third-order valence-electron chi connectivity index (χ3n) is 3.08. The van der Waals surface area contributed by atoms with Crippen LogP contribution in [0.15, 0.2) is 42.6 Å². The summed E-state index contributed by atoms with van der Waals surface area (Å²) >= 11 is 5.80. The summed E-state index contributed by atoms with van der Waals surface area (Å²) < 4.78 is 5.06. The quantitative estimate of drug-likeness (QED) is 0.634. The van der Waals surface area contributed by atoms with Crippen LogP contribution in [0.2, 0.25) is 5.15 Å². The number of amides is 2. The van der Waals surface area contributed by atoms with Crippen LogP contribution in [0, 0.1) is 0 Å². The minimum absolute atomic E-state index is 0.0193. The Labute approximate surface area is 142 Å². The Hall–Kier alpha value is -2.93. The topological polar surface area (TPSA) is 111 Å². The second-order valence-corrected chi connectivity index (χ2v) is 5.15. The Kier molecular flexibility index (Phi) is 5.49. The minimum atomic E-state index is -1.12. The molecule has 0 aliphatic carbocycles. The largest absolute Gasteiger partial charge is 0.449 e. The fraction of sp³-hybridized carbons (Fsp3) is 0.125. The van der Waals surface area contributed by atoms with E-state index in [-0.39, 0.29) is 22.0 Å². The van der Waals surface area contributed by atoms with Crippen LogP contribution in [0.25, 0.3) is 0 Å². The molecule has 0 fully saturated rings. The third-order valence-corrected chi connectivity index (χ3v) is 3.38. The number of nitrogens with two attached hydrogens (primary N) is 1. The van der Waals surface area contributed by atoms with Gasteiger partial charge in [-0.3, -0.25) is 9.59 Å². The van der Waals surface area contributed by atoms with E-state index in [0.717, 1.165) is 0 Å². The van der Waals surface area contributed by atoms with Gasteiger partial charge in [0.1, 0.15) is 5.15 Å². The number of halogens is 1. The van der Waals surface area contributed by atoms with Gasteiger partial charge in [-0.2, -0.15) is 0 Å². The summed E-state index contributed by atoms with van der Waals surface area (Å²) in [6, 6.07) is 9.20. The molecule has 24 heavy (non-hydrogen) atoms. The van der Waals surface area contributed by atoms with Crippen molar-refractivity contribution in [2.24, 2.45) is 5.73 Å². The van der Waals surface area contributed by atoms with Gasteiger partial charge in [-0.05, 0) is 31.2 Å². The highest BCUT2D eigenvalue weighted by Crippen LogP contribution is 2.16. The van der Waals surface area contributed by atoms with Gasteiger partial charge in [0.25, 0.3) is 11.8 Å². The molecule has 0 saturated heterocycles. The second kappa shape index (κ2) is 7.56. The van der Waals surface area contributed by atoms with E-state index in [1.54, 1.807) is 12.1 Å². The first-order valence-electron chi connectivity index (χ1n) is 6.91. The van der Waals surface area contributed by atoms with Crippen LogP contribution in [0.5, 0.6) is 0 Å². The maximum atomic E-state index is 12.1. The van der Waals surface area contributed by atoms with E-state index >= 15 is 0 Å². The van der Waals surface area contributed by atoms with Crippen molar-refractivity contribution < 1.29 is 19.1 Å². The van der Waals surface area contributed by atoms with Crippen molar-refractivity contribution in [3.63, 3.8) is 0 Å². The van der Waals surface area contributed by atoms with Crippen molar-refractivity contribution in [3.8, 4) is 0 Å². The highest BCUT2D eigenvalue weighted by Gasteiger charge is 2.22. The average molecular weight is 348 g/mol. The van der Waals surface area contributed by atoms with Crippen LogP contribution in [-0.2, 0) is 9.53 Å². The molecule has 2 rings (SSSR count). The van der Waals surface area contributed by atoms with Gasteiger partial charge in [0.15, 0.2) is 6.10 Å². The summed E-state index contributed by atoms with van der Waals surface area (Å²) in [6.45, 7) is 1.39. The summed E-state index contributed by atoms with van der Waals surface area (Å²) in [5.74, 6) is -2.08. The summed E-state index contributed by atoms with van der Waals surface area (Å²) in [4.78, 5) is 39.3. The van der Waals surface area contributed by atoms with Gasteiger partial charge in [-0.1, -0.05) is 23.7 Å². The molecule has 1 unspecified atom stereocenters. The van der Waals surface area contributed by atoms with Gasteiger partial charge in [-0.25, -0.2) is 9.78 Å². The number of ether oxygens (including phenoxy) is 1. The van der Waals surface area contributed by atoms with E-state index in [4.69, 9.17) is 22.1 Å². The molecule has 0 radical (unpaired) electrons. The molecule has 7 nitrogen and oxygen atoms in total. The van der Waals surface area contributed by atoms with Gasteiger partial charge >= 0.3 is 5.97 Å². The smallest absolute Gasteiger partial charge is 0.342 e. The molecular formula is C16H14ClN3O4. The SMILES string of the molecule is CC(OC(=O)c1cccnc1Cl)C(=O)Nc1ccccc1C(N)=O. The number of carbonyl (C=O) groups is 3. The molecule has 0 saturated carbocycles. The van der Waals surface area contributed by atoms with E-state index in [2.05, 4.69) is 10.3 Å². The number of hydrogen-bond donors (Lipinski definition) is 2. The summed E-state index contributed by atoms with van der Waals surface area (Å²) in [5, 5.41) is 2.48. The highest BCUT2D eigenvalue weighted by molar-refractivity contribution is 6.32. The van der Waals surface area contributed by atoms with Crippen molar-refractivity contribution in [3.05, 3.63) is 58.9 Å². The van der Waals surface area contributed by atoms with Gasteiger partial charge in [0.2, 0.25) is 0 Å². The van der Waals surface area contributed by atoms with E-state index in [1.807, 2.05) is 0 Å². The normalized spacial score (nSPS) is 11.4.